The van der Waals surface area contributed by atoms with Crippen molar-refractivity contribution in [3.05, 3.63) is 66.7 Å². The first-order valence-electron chi connectivity index (χ1n) is 5.89. The predicted octanol–water partition coefficient (Wildman–Crippen LogP) is 3.26. The summed E-state index contributed by atoms with van der Waals surface area (Å²) < 4.78 is 15.0. The quantitative estimate of drug-likeness (QED) is 0.712. The lowest BCUT2D eigenvalue weighted by molar-refractivity contribution is 0.628. The Morgan fingerprint density at radius 3 is 2.63 bits per heavy atom. The Labute approximate surface area is 110 Å². The zero-order valence-corrected chi connectivity index (χ0v) is 10.1. The number of rotatable bonds is 2. The van der Waals surface area contributed by atoms with Crippen molar-refractivity contribution >= 4 is 5.69 Å². The van der Waals surface area contributed by atoms with E-state index in [4.69, 9.17) is 5.73 Å². The zero-order valence-electron chi connectivity index (χ0n) is 10.1. The molecule has 1 heterocycles. The molecule has 0 fully saturated rings. The van der Waals surface area contributed by atoms with E-state index in [1.54, 1.807) is 16.9 Å². The van der Waals surface area contributed by atoms with Crippen molar-refractivity contribution in [3.8, 4) is 16.8 Å². The second-order valence-corrected chi connectivity index (χ2v) is 4.24. The van der Waals surface area contributed by atoms with Crippen LogP contribution in [0.2, 0.25) is 0 Å². The minimum absolute atomic E-state index is 0.309. The van der Waals surface area contributed by atoms with Crippen molar-refractivity contribution in [2.24, 2.45) is 0 Å². The molecule has 0 amide bonds. The Bertz CT molecular complexity index is 704. The highest BCUT2D eigenvalue weighted by Crippen LogP contribution is 2.26. The monoisotopic (exact) mass is 253 g/mol. The first kappa shape index (κ1) is 11.5. The summed E-state index contributed by atoms with van der Waals surface area (Å²) in [5.74, 6) is -0.309. The Morgan fingerprint density at radius 2 is 1.84 bits per heavy atom. The van der Waals surface area contributed by atoms with Crippen LogP contribution >= 0.6 is 0 Å². The highest BCUT2D eigenvalue weighted by atomic mass is 19.1. The molecule has 0 saturated carbocycles. The molecule has 3 aromatic rings. The lowest BCUT2D eigenvalue weighted by Gasteiger charge is -2.03. The van der Waals surface area contributed by atoms with Gasteiger partial charge in [-0.3, -0.25) is 0 Å². The van der Waals surface area contributed by atoms with E-state index in [-0.39, 0.29) is 5.82 Å². The lowest BCUT2D eigenvalue weighted by atomic mass is 10.1. The normalized spacial score (nSPS) is 10.6. The highest BCUT2D eigenvalue weighted by Gasteiger charge is 2.07. The predicted molar refractivity (Wildman–Crippen MR) is 73.4 cm³/mol. The van der Waals surface area contributed by atoms with Crippen LogP contribution in [0.3, 0.4) is 0 Å². The van der Waals surface area contributed by atoms with E-state index in [0.29, 0.717) is 11.3 Å². The Balaban J connectivity index is 2.04. The van der Waals surface area contributed by atoms with Gasteiger partial charge in [0, 0.05) is 23.0 Å². The molecule has 0 unspecified atom stereocenters. The fourth-order valence-corrected chi connectivity index (χ4v) is 1.96. The molecule has 0 saturated heterocycles. The number of hydrogen-bond acceptors (Lipinski definition) is 2. The van der Waals surface area contributed by atoms with Gasteiger partial charge in [0.15, 0.2) is 0 Å². The van der Waals surface area contributed by atoms with Crippen LogP contribution in [0.5, 0.6) is 0 Å². The van der Waals surface area contributed by atoms with Crippen molar-refractivity contribution in [1.29, 1.82) is 0 Å². The Kier molecular flexibility index (Phi) is 2.76. The fourth-order valence-electron chi connectivity index (χ4n) is 1.96. The van der Waals surface area contributed by atoms with Crippen LogP contribution in [-0.4, -0.2) is 9.78 Å². The van der Waals surface area contributed by atoms with E-state index >= 15 is 0 Å². The van der Waals surface area contributed by atoms with Gasteiger partial charge in [0.1, 0.15) is 5.82 Å². The number of aromatic nitrogens is 2. The van der Waals surface area contributed by atoms with E-state index in [2.05, 4.69) is 5.10 Å². The third kappa shape index (κ3) is 2.20. The van der Waals surface area contributed by atoms with Gasteiger partial charge in [-0.25, -0.2) is 9.07 Å². The summed E-state index contributed by atoms with van der Waals surface area (Å²) in [7, 11) is 0. The van der Waals surface area contributed by atoms with Gasteiger partial charge in [0.25, 0.3) is 0 Å². The fraction of sp³-hybridized carbons (Fsp3) is 0. The number of nitrogens with two attached hydrogens (primary N) is 1. The molecule has 2 aromatic carbocycles. The van der Waals surface area contributed by atoms with Crippen LogP contribution in [-0.2, 0) is 0 Å². The molecule has 4 heteroatoms. The van der Waals surface area contributed by atoms with Gasteiger partial charge in [-0.15, -0.1) is 0 Å². The molecule has 19 heavy (non-hydrogen) atoms. The number of hydrogen-bond donors (Lipinski definition) is 1. The number of para-hydroxylation sites is 1. The zero-order chi connectivity index (χ0) is 13.2. The Hall–Kier alpha value is -2.62. The third-order valence-electron chi connectivity index (χ3n) is 2.93. The number of benzene rings is 2. The number of anilines is 1. The van der Waals surface area contributed by atoms with Gasteiger partial charge in [-0.05, 0) is 30.3 Å². The molecule has 1 aromatic heterocycles. The molecule has 0 atom stereocenters. The molecular formula is C15H12FN3. The van der Waals surface area contributed by atoms with Gasteiger partial charge in [0.05, 0.1) is 11.9 Å². The molecule has 3 rings (SSSR count). The van der Waals surface area contributed by atoms with Crippen molar-refractivity contribution in [3.63, 3.8) is 0 Å². The summed E-state index contributed by atoms with van der Waals surface area (Å²) >= 11 is 0. The molecular weight excluding hydrogens is 241 g/mol. The van der Waals surface area contributed by atoms with Crippen molar-refractivity contribution in [2.45, 2.75) is 0 Å². The third-order valence-corrected chi connectivity index (χ3v) is 2.93. The molecule has 0 bridgehead atoms. The van der Waals surface area contributed by atoms with Crippen molar-refractivity contribution in [1.82, 2.24) is 9.78 Å². The van der Waals surface area contributed by atoms with Crippen LogP contribution in [0, 0.1) is 5.82 Å². The van der Waals surface area contributed by atoms with E-state index in [0.717, 1.165) is 11.3 Å². The SMILES string of the molecule is Nc1ccc(F)cc1-c1cnn(-c2ccccc2)c1. The summed E-state index contributed by atoms with van der Waals surface area (Å²) in [6.07, 6.45) is 3.51. The topological polar surface area (TPSA) is 43.8 Å². The van der Waals surface area contributed by atoms with Gasteiger partial charge in [-0.2, -0.15) is 5.10 Å². The highest BCUT2D eigenvalue weighted by molar-refractivity contribution is 5.75. The Morgan fingerprint density at radius 1 is 1.05 bits per heavy atom. The summed E-state index contributed by atoms with van der Waals surface area (Å²) in [5.41, 5.74) is 8.80. The second-order valence-electron chi connectivity index (χ2n) is 4.24. The van der Waals surface area contributed by atoms with Gasteiger partial charge < -0.3 is 5.73 Å². The van der Waals surface area contributed by atoms with Crippen LogP contribution in [0.25, 0.3) is 16.8 Å². The van der Waals surface area contributed by atoms with E-state index < -0.39 is 0 Å². The van der Waals surface area contributed by atoms with Crippen LogP contribution in [0.4, 0.5) is 10.1 Å². The van der Waals surface area contributed by atoms with Crippen LogP contribution in [0.1, 0.15) is 0 Å². The minimum atomic E-state index is -0.309. The first-order valence-corrected chi connectivity index (χ1v) is 5.89. The number of nitrogen functional groups attached to an aromatic ring is 1. The van der Waals surface area contributed by atoms with E-state index in [1.807, 2.05) is 36.5 Å². The summed E-state index contributed by atoms with van der Waals surface area (Å²) in [4.78, 5) is 0. The van der Waals surface area contributed by atoms with Gasteiger partial charge >= 0.3 is 0 Å². The molecule has 0 aliphatic heterocycles. The summed E-state index contributed by atoms with van der Waals surface area (Å²) in [5, 5.41) is 4.27. The average Bonchev–Trinajstić information content (AvgIpc) is 2.92. The molecule has 2 N–H and O–H groups in total. The maximum Gasteiger partial charge on any atom is 0.123 e. The molecule has 3 nitrogen and oxygen atoms in total. The molecule has 0 radical (unpaired) electrons. The molecule has 0 spiro atoms. The average molecular weight is 253 g/mol. The van der Waals surface area contributed by atoms with E-state index in [9.17, 15) is 4.39 Å². The standard InChI is InChI=1S/C15H12FN3/c16-12-6-7-15(17)14(8-12)11-9-18-19(10-11)13-4-2-1-3-5-13/h1-10H,17H2. The first-order chi connectivity index (χ1) is 9.24. The van der Waals surface area contributed by atoms with E-state index in [1.165, 1.54) is 12.1 Å². The second kappa shape index (κ2) is 4.57. The maximum absolute atomic E-state index is 13.3. The van der Waals surface area contributed by atoms with Gasteiger partial charge in [0.2, 0.25) is 0 Å². The minimum Gasteiger partial charge on any atom is -0.398 e. The number of nitrogens with zero attached hydrogens (tertiary/aromatic N) is 2. The smallest absolute Gasteiger partial charge is 0.123 e. The number of halogens is 1. The van der Waals surface area contributed by atoms with Crippen molar-refractivity contribution < 1.29 is 4.39 Å². The largest absolute Gasteiger partial charge is 0.398 e. The lowest BCUT2D eigenvalue weighted by Crippen LogP contribution is -1.93. The van der Waals surface area contributed by atoms with Crippen LogP contribution < -0.4 is 5.73 Å². The molecule has 94 valence electrons. The molecule has 0 aliphatic carbocycles. The molecule has 0 aliphatic rings. The summed E-state index contributed by atoms with van der Waals surface area (Å²) in [6, 6.07) is 14.0. The van der Waals surface area contributed by atoms with Gasteiger partial charge in [-0.1, -0.05) is 18.2 Å². The van der Waals surface area contributed by atoms with Crippen molar-refractivity contribution in [2.75, 3.05) is 5.73 Å². The maximum atomic E-state index is 13.3. The summed E-state index contributed by atoms with van der Waals surface area (Å²) in [6.45, 7) is 0. The van der Waals surface area contributed by atoms with Crippen LogP contribution in [0.15, 0.2) is 60.9 Å².